The smallest absolute Gasteiger partial charge is 0.182 e. The number of pyridine rings is 1. The number of hydrogen-bond donors (Lipinski definition) is 1. The molecule has 2 N–H and O–H groups in total. The molecule has 0 bridgehead atoms. The summed E-state index contributed by atoms with van der Waals surface area (Å²) >= 11 is 0. The van der Waals surface area contributed by atoms with E-state index in [1.807, 2.05) is 51.1 Å². The van der Waals surface area contributed by atoms with Gasteiger partial charge in [-0.1, -0.05) is 32.0 Å². The standard InChI is InChI=1S/C14H11N3O.C2H6.CH5N/c1-10-9-16-14-13(17-10)12(7-8-15-14)18-11-5-3-2-4-6-11;2*1-2/h2-9H,1H3;1-2H3;2H2,1H3. The summed E-state index contributed by atoms with van der Waals surface area (Å²) in [4.78, 5) is 12.8. The predicted molar refractivity (Wildman–Crippen MR) is 90.0 cm³/mol. The van der Waals surface area contributed by atoms with Gasteiger partial charge in [0.1, 0.15) is 5.75 Å². The fourth-order valence-electron chi connectivity index (χ4n) is 1.68. The number of hydrogen-bond acceptors (Lipinski definition) is 5. The van der Waals surface area contributed by atoms with Crippen LogP contribution in [0, 0.1) is 6.92 Å². The Bertz CT molecular complexity index is 687. The van der Waals surface area contributed by atoms with Crippen molar-refractivity contribution < 1.29 is 4.74 Å². The van der Waals surface area contributed by atoms with Gasteiger partial charge in [-0.3, -0.25) is 0 Å². The Hall–Kier alpha value is -2.53. The topological polar surface area (TPSA) is 73.9 Å². The van der Waals surface area contributed by atoms with E-state index in [2.05, 4.69) is 20.7 Å². The van der Waals surface area contributed by atoms with Crippen molar-refractivity contribution >= 4 is 11.2 Å². The first-order valence-corrected chi connectivity index (χ1v) is 7.22. The van der Waals surface area contributed by atoms with Gasteiger partial charge in [-0.25, -0.2) is 15.0 Å². The third kappa shape index (κ3) is 4.49. The highest BCUT2D eigenvalue weighted by Crippen LogP contribution is 2.26. The maximum absolute atomic E-state index is 5.80. The molecule has 2 heterocycles. The molecule has 116 valence electrons. The normalized spacial score (nSPS) is 9.14. The van der Waals surface area contributed by atoms with Gasteiger partial charge in [-0.2, -0.15) is 0 Å². The van der Waals surface area contributed by atoms with Crippen LogP contribution in [0.2, 0.25) is 0 Å². The molecule has 0 aliphatic heterocycles. The predicted octanol–water partition coefficient (Wildman–Crippen LogP) is 3.73. The van der Waals surface area contributed by atoms with Crippen LogP contribution in [0.3, 0.4) is 0 Å². The monoisotopic (exact) mass is 298 g/mol. The van der Waals surface area contributed by atoms with Crippen LogP contribution in [0.15, 0.2) is 48.8 Å². The Morgan fingerprint density at radius 3 is 2.32 bits per heavy atom. The fraction of sp³-hybridized carbons (Fsp3) is 0.235. The van der Waals surface area contributed by atoms with Gasteiger partial charge < -0.3 is 10.5 Å². The summed E-state index contributed by atoms with van der Waals surface area (Å²) < 4.78 is 5.80. The lowest BCUT2D eigenvalue weighted by atomic mass is 10.3. The third-order valence-electron chi connectivity index (χ3n) is 2.50. The third-order valence-corrected chi connectivity index (χ3v) is 2.50. The second-order valence-electron chi connectivity index (χ2n) is 3.91. The lowest BCUT2D eigenvalue weighted by Gasteiger charge is -2.07. The lowest BCUT2D eigenvalue weighted by molar-refractivity contribution is 0.486. The zero-order valence-corrected chi connectivity index (χ0v) is 13.4. The molecule has 2 aromatic heterocycles. The molecule has 0 spiro atoms. The number of nitrogens with two attached hydrogens (primary N) is 1. The van der Waals surface area contributed by atoms with Gasteiger partial charge in [0.2, 0.25) is 0 Å². The van der Waals surface area contributed by atoms with Crippen molar-refractivity contribution in [1.29, 1.82) is 0 Å². The minimum Gasteiger partial charge on any atom is -0.455 e. The first kappa shape index (κ1) is 17.5. The average Bonchev–Trinajstić information content (AvgIpc) is 2.60. The molecule has 0 aliphatic carbocycles. The van der Waals surface area contributed by atoms with E-state index in [0.29, 0.717) is 16.9 Å². The molecule has 22 heavy (non-hydrogen) atoms. The number of rotatable bonds is 2. The van der Waals surface area contributed by atoms with Crippen LogP contribution in [0.25, 0.3) is 11.2 Å². The van der Waals surface area contributed by atoms with E-state index in [-0.39, 0.29) is 0 Å². The van der Waals surface area contributed by atoms with E-state index in [1.165, 1.54) is 7.05 Å². The highest BCUT2D eigenvalue weighted by molar-refractivity contribution is 5.77. The van der Waals surface area contributed by atoms with Gasteiger partial charge in [0.15, 0.2) is 16.9 Å². The summed E-state index contributed by atoms with van der Waals surface area (Å²) in [6.07, 6.45) is 3.37. The van der Waals surface area contributed by atoms with E-state index in [9.17, 15) is 0 Å². The van der Waals surface area contributed by atoms with Gasteiger partial charge in [0.05, 0.1) is 11.9 Å². The molecule has 0 atom stereocenters. The molecule has 5 heteroatoms. The number of fused-ring (bicyclic) bond motifs is 1. The second kappa shape index (κ2) is 9.41. The van der Waals surface area contributed by atoms with E-state index >= 15 is 0 Å². The molecule has 1 aromatic carbocycles. The van der Waals surface area contributed by atoms with Crippen molar-refractivity contribution in [3.05, 3.63) is 54.5 Å². The van der Waals surface area contributed by atoms with Crippen LogP contribution in [0.1, 0.15) is 19.5 Å². The highest BCUT2D eigenvalue weighted by Gasteiger charge is 2.06. The maximum Gasteiger partial charge on any atom is 0.182 e. The van der Waals surface area contributed by atoms with E-state index in [1.54, 1.807) is 18.5 Å². The Labute approximate surface area is 131 Å². The van der Waals surface area contributed by atoms with Crippen molar-refractivity contribution in [2.24, 2.45) is 5.73 Å². The van der Waals surface area contributed by atoms with Crippen molar-refractivity contribution in [3.8, 4) is 11.5 Å². The van der Waals surface area contributed by atoms with E-state index in [0.717, 1.165) is 11.4 Å². The van der Waals surface area contributed by atoms with Gasteiger partial charge in [-0.15, -0.1) is 0 Å². The van der Waals surface area contributed by atoms with Gasteiger partial charge in [-0.05, 0) is 26.1 Å². The molecule has 0 saturated carbocycles. The summed E-state index contributed by atoms with van der Waals surface area (Å²) in [7, 11) is 1.50. The molecular weight excluding hydrogens is 276 g/mol. The Kier molecular flexibility index (Phi) is 7.50. The fourth-order valence-corrected chi connectivity index (χ4v) is 1.68. The van der Waals surface area contributed by atoms with Crippen LogP contribution >= 0.6 is 0 Å². The van der Waals surface area contributed by atoms with Crippen molar-refractivity contribution in [3.63, 3.8) is 0 Å². The van der Waals surface area contributed by atoms with Gasteiger partial charge >= 0.3 is 0 Å². The highest BCUT2D eigenvalue weighted by atomic mass is 16.5. The average molecular weight is 298 g/mol. The number of para-hydroxylation sites is 1. The summed E-state index contributed by atoms with van der Waals surface area (Å²) in [5, 5.41) is 0. The van der Waals surface area contributed by atoms with Crippen LogP contribution in [0.5, 0.6) is 11.5 Å². The van der Waals surface area contributed by atoms with Crippen LogP contribution in [-0.4, -0.2) is 22.0 Å². The van der Waals surface area contributed by atoms with E-state index in [4.69, 9.17) is 4.74 Å². The first-order chi connectivity index (χ1) is 10.8. The SMILES string of the molecule is CC.CN.Cc1cnc2nccc(Oc3ccccc3)c2n1. The van der Waals surface area contributed by atoms with Gasteiger partial charge in [0.25, 0.3) is 0 Å². The summed E-state index contributed by atoms with van der Waals surface area (Å²) in [6.45, 7) is 5.89. The Morgan fingerprint density at radius 1 is 0.955 bits per heavy atom. The van der Waals surface area contributed by atoms with E-state index < -0.39 is 0 Å². The van der Waals surface area contributed by atoms with Crippen molar-refractivity contribution in [2.75, 3.05) is 7.05 Å². The number of aryl methyl sites for hydroxylation is 1. The minimum absolute atomic E-state index is 0.592. The molecule has 0 radical (unpaired) electrons. The largest absolute Gasteiger partial charge is 0.455 e. The first-order valence-electron chi connectivity index (χ1n) is 7.22. The molecule has 0 saturated heterocycles. The van der Waals surface area contributed by atoms with Crippen LogP contribution < -0.4 is 10.5 Å². The molecule has 5 nitrogen and oxygen atoms in total. The molecule has 3 rings (SSSR count). The Morgan fingerprint density at radius 2 is 1.64 bits per heavy atom. The molecular formula is C17H22N4O. The zero-order valence-electron chi connectivity index (χ0n) is 13.4. The van der Waals surface area contributed by atoms with Crippen LogP contribution in [-0.2, 0) is 0 Å². The quantitative estimate of drug-likeness (QED) is 0.780. The summed E-state index contributed by atoms with van der Waals surface area (Å²) in [5.74, 6) is 1.44. The number of benzene rings is 1. The molecule has 0 aliphatic rings. The Balaban J connectivity index is 0.000000561. The minimum atomic E-state index is 0.592. The molecule has 0 fully saturated rings. The summed E-state index contributed by atoms with van der Waals surface area (Å²) in [5.41, 5.74) is 6.61. The second-order valence-corrected chi connectivity index (χ2v) is 3.91. The molecule has 3 aromatic rings. The molecule has 0 unspecified atom stereocenters. The number of nitrogens with zero attached hydrogens (tertiary/aromatic N) is 3. The van der Waals surface area contributed by atoms with Crippen LogP contribution in [0.4, 0.5) is 0 Å². The number of ether oxygens (including phenoxy) is 1. The maximum atomic E-state index is 5.80. The number of aromatic nitrogens is 3. The summed E-state index contributed by atoms with van der Waals surface area (Å²) in [6, 6.07) is 11.4. The lowest BCUT2D eigenvalue weighted by Crippen LogP contribution is -1.93. The van der Waals surface area contributed by atoms with Crippen molar-refractivity contribution in [2.45, 2.75) is 20.8 Å². The zero-order chi connectivity index (χ0) is 16.4. The molecule has 0 amide bonds. The van der Waals surface area contributed by atoms with Crippen molar-refractivity contribution in [1.82, 2.24) is 15.0 Å². The van der Waals surface area contributed by atoms with Gasteiger partial charge in [0, 0.05) is 12.3 Å².